The minimum absolute atomic E-state index is 0.0310. The van der Waals surface area contributed by atoms with Crippen LogP contribution in [0.25, 0.3) is 11.3 Å². The normalized spacial score (nSPS) is 19.2. The van der Waals surface area contributed by atoms with Crippen molar-refractivity contribution < 1.29 is 14.4 Å². The number of nitrogens with zero attached hydrogens (tertiary/aromatic N) is 3. The van der Waals surface area contributed by atoms with Gasteiger partial charge in [0, 0.05) is 30.3 Å². The maximum atomic E-state index is 13.3. The van der Waals surface area contributed by atoms with Gasteiger partial charge in [0.25, 0.3) is 5.91 Å². The molecule has 1 saturated heterocycles. The Labute approximate surface area is 202 Å². The molecular formula is C26H26N4O3S. The molecule has 5 rings (SSSR count). The van der Waals surface area contributed by atoms with E-state index in [9.17, 15) is 14.4 Å². The fourth-order valence-corrected chi connectivity index (χ4v) is 5.58. The summed E-state index contributed by atoms with van der Waals surface area (Å²) in [4.78, 5) is 46.5. The summed E-state index contributed by atoms with van der Waals surface area (Å²) in [6, 6.07) is 17.2. The lowest BCUT2D eigenvalue weighted by Gasteiger charge is -2.48. The van der Waals surface area contributed by atoms with E-state index in [4.69, 9.17) is 0 Å². The lowest BCUT2D eigenvalue weighted by atomic mass is 9.98. The van der Waals surface area contributed by atoms with Crippen LogP contribution in [0.3, 0.4) is 0 Å². The number of aromatic nitrogens is 1. The highest BCUT2D eigenvalue weighted by Gasteiger charge is 2.52. The largest absolute Gasteiger partial charge is 0.350 e. The average molecular weight is 475 g/mol. The summed E-state index contributed by atoms with van der Waals surface area (Å²) in [6.45, 7) is 2.74. The van der Waals surface area contributed by atoms with Crippen molar-refractivity contribution in [3.8, 4) is 11.3 Å². The quantitative estimate of drug-likeness (QED) is 0.556. The molecule has 3 heterocycles. The van der Waals surface area contributed by atoms with E-state index in [-0.39, 0.29) is 17.7 Å². The number of carbonyl (C=O) groups excluding carboxylic acids is 3. The van der Waals surface area contributed by atoms with Gasteiger partial charge in [0.1, 0.15) is 10.7 Å². The van der Waals surface area contributed by atoms with Crippen molar-refractivity contribution in [1.82, 2.24) is 15.2 Å². The first-order valence-electron chi connectivity index (χ1n) is 11.5. The molecule has 3 amide bonds. The second-order valence-corrected chi connectivity index (χ2v) is 9.74. The van der Waals surface area contributed by atoms with Gasteiger partial charge < -0.3 is 10.2 Å². The van der Waals surface area contributed by atoms with Gasteiger partial charge in [-0.15, -0.1) is 11.3 Å². The molecule has 1 N–H and O–H groups in total. The lowest BCUT2D eigenvalue weighted by molar-refractivity contribution is -0.121. The zero-order valence-electron chi connectivity index (χ0n) is 19.0. The molecule has 1 aromatic heterocycles. The molecule has 0 aliphatic carbocycles. The molecule has 1 fully saturated rings. The Morgan fingerprint density at radius 2 is 1.88 bits per heavy atom. The third kappa shape index (κ3) is 3.98. The summed E-state index contributed by atoms with van der Waals surface area (Å²) in [6.07, 6.45) is 1.82. The van der Waals surface area contributed by atoms with Gasteiger partial charge in [-0.1, -0.05) is 42.5 Å². The van der Waals surface area contributed by atoms with E-state index in [1.165, 1.54) is 11.3 Å². The zero-order chi connectivity index (χ0) is 23.7. The van der Waals surface area contributed by atoms with Crippen LogP contribution >= 0.6 is 11.3 Å². The minimum Gasteiger partial charge on any atom is -0.350 e. The Hall–Kier alpha value is -3.52. The summed E-state index contributed by atoms with van der Waals surface area (Å²) >= 11 is 1.52. The van der Waals surface area contributed by atoms with Crippen molar-refractivity contribution in [3.63, 3.8) is 0 Å². The van der Waals surface area contributed by atoms with Crippen molar-refractivity contribution in [2.24, 2.45) is 0 Å². The highest BCUT2D eigenvalue weighted by atomic mass is 32.1. The Kier molecular flexibility index (Phi) is 5.91. The minimum atomic E-state index is -0.687. The molecule has 0 radical (unpaired) electrons. The summed E-state index contributed by atoms with van der Waals surface area (Å²) in [5.41, 5.74) is 2.50. The smallest absolute Gasteiger partial charge is 0.257 e. The van der Waals surface area contributed by atoms with Gasteiger partial charge in [-0.05, 0) is 31.9 Å². The molecule has 0 bridgehead atoms. The zero-order valence-corrected chi connectivity index (χ0v) is 19.8. The van der Waals surface area contributed by atoms with Gasteiger partial charge in [-0.3, -0.25) is 19.3 Å². The number of hydrogen-bond donors (Lipinski definition) is 1. The number of carbonyl (C=O) groups is 3. The summed E-state index contributed by atoms with van der Waals surface area (Å²) in [5, 5.41) is 5.77. The van der Waals surface area contributed by atoms with E-state index in [2.05, 4.69) is 10.3 Å². The van der Waals surface area contributed by atoms with Gasteiger partial charge in [-0.25, -0.2) is 4.98 Å². The Bertz CT molecular complexity index is 1240. The molecule has 2 aliphatic rings. The monoisotopic (exact) mass is 474 g/mol. The molecule has 2 aromatic carbocycles. The van der Waals surface area contributed by atoms with E-state index in [1.807, 2.05) is 60.8 Å². The molecule has 7 nitrogen and oxygen atoms in total. The van der Waals surface area contributed by atoms with Crippen molar-refractivity contribution in [3.05, 3.63) is 70.5 Å². The maximum absolute atomic E-state index is 13.3. The Morgan fingerprint density at radius 3 is 2.71 bits per heavy atom. The number of benzene rings is 2. The van der Waals surface area contributed by atoms with Crippen LogP contribution in [-0.2, 0) is 16.1 Å². The molecule has 174 valence electrons. The molecule has 2 aliphatic heterocycles. The molecule has 3 aromatic rings. The summed E-state index contributed by atoms with van der Waals surface area (Å²) in [5.74, 6) is -0.130. The first-order valence-corrected chi connectivity index (χ1v) is 12.4. The molecule has 1 unspecified atom stereocenters. The number of thiazole rings is 1. The maximum Gasteiger partial charge on any atom is 0.257 e. The van der Waals surface area contributed by atoms with Gasteiger partial charge >= 0.3 is 0 Å². The van der Waals surface area contributed by atoms with Crippen LogP contribution in [0.2, 0.25) is 0 Å². The number of hydrogen-bond acceptors (Lipinski definition) is 5. The van der Waals surface area contributed by atoms with Gasteiger partial charge in [-0.2, -0.15) is 0 Å². The molecular weight excluding hydrogens is 448 g/mol. The van der Waals surface area contributed by atoms with E-state index in [0.717, 1.165) is 16.3 Å². The second kappa shape index (κ2) is 9.02. The topological polar surface area (TPSA) is 82.6 Å². The molecule has 8 heteroatoms. The van der Waals surface area contributed by atoms with Crippen LogP contribution in [0.5, 0.6) is 0 Å². The van der Waals surface area contributed by atoms with Gasteiger partial charge in [0.2, 0.25) is 11.8 Å². The van der Waals surface area contributed by atoms with Gasteiger partial charge in [0.05, 0.1) is 23.5 Å². The van der Waals surface area contributed by atoms with E-state index < -0.39 is 5.66 Å². The molecule has 0 spiro atoms. The fourth-order valence-electron chi connectivity index (χ4n) is 4.84. The average Bonchev–Trinajstić information content (AvgIpc) is 3.45. The number of para-hydroxylation sites is 1. The van der Waals surface area contributed by atoms with Crippen molar-refractivity contribution in [1.29, 1.82) is 0 Å². The van der Waals surface area contributed by atoms with Crippen molar-refractivity contribution in [2.45, 2.75) is 44.8 Å². The third-order valence-electron chi connectivity index (χ3n) is 6.59. The number of amides is 3. The molecule has 1 atom stereocenters. The summed E-state index contributed by atoms with van der Waals surface area (Å²) < 4.78 is 0. The third-order valence-corrected chi connectivity index (χ3v) is 7.44. The Morgan fingerprint density at radius 1 is 1.12 bits per heavy atom. The Balaban J connectivity index is 1.18. The predicted octanol–water partition coefficient (Wildman–Crippen LogP) is 4.21. The van der Waals surface area contributed by atoms with E-state index >= 15 is 0 Å². The van der Waals surface area contributed by atoms with E-state index in [1.54, 1.807) is 15.9 Å². The van der Waals surface area contributed by atoms with Crippen molar-refractivity contribution >= 4 is 34.7 Å². The van der Waals surface area contributed by atoms with E-state index in [0.29, 0.717) is 50.0 Å². The van der Waals surface area contributed by atoms with Crippen LogP contribution < -0.4 is 10.2 Å². The van der Waals surface area contributed by atoms with Crippen LogP contribution in [0.4, 0.5) is 5.69 Å². The van der Waals surface area contributed by atoms with Crippen LogP contribution in [-0.4, -0.2) is 39.8 Å². The van der Waals surface area contributed by atoms with Crippen LogP contribution in [0.1, 0.15) is 48.0 Å². The SMILES string of the molecule is CC12CCC(=O)N1c1ccccc1C(=O)N2CCCC(=O)NCc1nc(-c2ccccc2)cs1. The van der Waals surface area contributed by atoms with Gasteiger partial charge in [0.15, 0.2) is 0 Å². The highest BCUT2D eigenvalue weighted by molar-refractivity contribution is 7.09. The number of rotatable bonds is 7. The predicted molar refractivity (Wildman–Crippen MR) is 131 cm³/mol. The lowest BCUT2D eigenvalue weighted by Crippen LogP contribution is -2.62. The fraction of sp³-hybridized carbons (Fsp3) is 0.308. The number of anilines is 1. The molecule has 34 heavy (non-hydrogen) atoms. The number of fused-ring (bicyclic) bond motifs is 3. The first kappa shape index (κ1) is 22.3. The van der Waals surface area contributed by atoms with Crippen LogP contribution in [0.15, 0.2) is 60.0 Å². The molecule has 0 saturated carbocycles. The van der Waals surface area contributed by atoms with Crippen LogP contribution in [0, 0.1) is 0 Å². The number of nitrogens with one attached hydrogen (secondary N) is 1. The first-order chi connectivity index (χ1) is 16.5. The second-order valence-electron chi connectivity index (χ2n) is 8.79. The summed E-state index contributed by atoms with van der Waals surface area (Å²) in [7, 11) is 0. The highest BCUT2D eigenvalue weighted by Crippen LogP contribution is 2.44. The standard InChI is InChI=1S/C26H26N4O3S/c1-26-14-13-24(32)30(26)21-11-6-5-10-19(21)25(33)29(26)15-7-12-22(31)27-16-23-28-20(17-34-23)18-8-3-2-4-9-18/h2-6,8-11,17H,7,12-16H2,1H3,(H,27,31). The van der Waals surface area contributed by atoms with Crippen molar-refractivity contribution in [2.75, 3.05) is 11.4 Å².